The number of hydrogen-bond donors (Lipinski definition) is 1. The van der Waals surface area contributed by atoms with Gasteiger partial charge in [-0.2, -0.15) is 0 Å². The predicted octanol–water partition coefficient (Wildman–Crippen LogP) is 0.742. The van der Waals surface area contributed by atoms with Gasteiger partial charge in [-0.1, -0.05) is 0 Å². The molecular weight excluding hydrogens is 320 g/mol. The molecule has 7 heteroatoms. The van der Waals surface area contributed by atoms with E-state index in [1.54, 1.807) is 20.1 Å². The van der Waals surface area contributed by atoms with Gasteiger partial charge in [0, 0.05) is 45.6 Å². The Hall–Kier alpha value is -1.57. The van der Waals surface area contributed by atoms with E-state index >= 15 is 0 Å². The molecule has 0 aromatic carbocycles. The van der Waals surface area contributed by atoms with Crippen LogP contribution in [0, 0.1) is 25.7 Å². The van der Waals surface area contributed by atoms with Crippen molar-refractivity contribution in [3.63, 3.8) is 0 Å². The Balaban J connectivity index is 2.06. The van der Waals surface area contributed by atoms with Crippen molar-refractivity contribution in [3.8, 4) is 0 Å². The fourth-order valence-electron chi connectivity index (χ4n) is 3.52. The molecule has 1 saturated heterocycles. The number of ether oxygens (including phenoxy) is 1. The molecule has 0 radical (unpaired) electrons. The Morgan fingerprint density at radius 3 is 2.72 bits per heavy atom. The summed E-state index contributed by atoms with van der Waals surface area (Å²) in [5.41, 5.74) is 1.23. The number of carbonyl (C=O) groups excluding carboxylic acids is 1. The number of likely N-dealkylation sites (N-methyl/N-ethyl adjacent to an activating group) is 1. The van der Waals surface area contributed by atoms with Gasteiger partial charge in [0.25, 0.3) is 5.91 Å². The minimum atomic E-state index is -0.0729. The summed E-state index contributed by atoms with van der Waals surface area (Å²) in [5.74, 6) is 0.981. The largest absolute Gasteiger partial charge is 0.396 e. The van der Waals surface area contributed by atoms with Crippen LogP contribution in [0.15, 0.2) is 6.07 Å². The number of aliphatic hydroxyl groups excluding tert-OH is 1. The van der Waals surface area contributed by atoms with Crippen LogP contribution in [-0.2, 0) is 4.74 Å². The third-order valence-electron chi connectivity index (χ3n) is 4.60. The highest BCUT2D eigenvalue weighted by Gasteiger charge is 2.31. The van der Waals surface area contributed by atoms with Crippen molar-refractivity contribution in [1.29, 1.82) is 0 Å². The van der Waals surface area contributed by atoms with Gasteiger partial charge in [-0.05, 0) is 45.2 Å². The first-order chi connectivity index (χ1) is 11.9. The molecule has 0 saturated carbocycles. The van der Waals surface area contributed by atoms with Gasteiger partial charge in [-0.25, -0.2) is 9.97 Å². The van der Waals surface area contributed by atoms with Gasteiger partial charge in [0.1, 0.15) is 11.5 Å². The number of aliphatic hydroxyl groups is 1. The lowest BCUT2D eigenvalue weighted by molar-refractivity contribution is 0.0445. The molecule has 0 bridgehead atoms. The fourth-order valence-corrected chi connectivity index (χ4v) is 3.52. The maximum atomic E-state index is 12.9. The van der Waals surface area contributed by atoms with E-state index in [-0.39, 0.29) is 18.4 Å². The van der Waals surface area contributed by atoms with E-state index in [2.05, 4.69) is 21.9 Å². The number of likely N-dealkylation sites (tertiary alicyclic amines) is 1. The zero-order valence-corrected chi connectivity index (χ0v) is 15.7. The molecule has 0 unspecified atom stereocenters. The smallest absolute Gasteiger partial charge is 0.272 e. The first-order valence-corrected chi connectivity index (χ1v) is 8.82. The van der Waals surface area contributed by atoms with Crippen LogP contribution in [0.5, 0.6) is 0 Å². The fraction of sp³-hybridized carbons (Fsp3) is 0.722. The maximum absolute atomic E-state index is 12.9. The summed E-state index contributed by atoms with van der Waals surface area (Å²) in [5, 5.41) is 9.65. The Morgan fingerprint density at radius 1 is 1.36 bits per heavy atom. The van der Waals surface area contributed by atoms with Gasteiger partial charge < -0.3 is 19.6 Å². The van der Waals surface area contributed by atoms with Crippen molar-refractivity contribution >= 4 is 5.91 Å². The number of hydrogen-bond acceptors (Lipinski definition) is 6. The van der Waals surface area contributed by atoms with Gasteiger partial charge >= 0.3 is 0 Å². The molecule has 140 valence electrons. The summed E-state index contributed by atoms with van der Waals surface area (Å²) in [4.78, 5) is 25.5. The van der Waals surface area contributed by atoms with Crippen molar-refractivity contribution in [3.05, 3.63) is 23.3 Å². The molecule has 1 aromatic heterocycles. The maximum Gasteiger partial charge on any atom is 0.272 e. The van der Waals surface area contributed by atoms with Crippen LogP contribution in [0.4, 0.5) is 0 Å². The van der Waals surface area contributed by atoms with E-state index in [0.29, 0.717) is 37.1 Å². The molecule has 2 heterocycles. The lowest BCUT2D eigenvalue weighted by atomic mass is 9.89. The number of methoxy groups -OCH3 is 1. The van der Waals surface area contributed by atoms with E-state index in [4.69, 9.17) is 4.74 Å². The minimum absolute atomic E-state index is 0.0729. The van der Waals surface area contributed by atoms with E-state index < -0.39 is 0 Å². The molecule has 1 fully saturated rings. The van der Waals surface area contributed by atoms with Crippen molar-refractivity contribution in [1.82, 2.24) is 19.8 Å². The summed E-state index contributed by atoms with van der Waals surface area (Å²) in [6.07, 6.45) is 0.930. The van der Waals surface area contributed by atoms with E-state index in [1.165, 1.54) is 0 Å². The molecular formula is C18H30N4O3. The molecule has 2 atom stereocenters. The zero-order valence-electron chi connectivity index (χ0n) is 15.7. The summed E-state index contributed by atoms with van der Waals surface area (Å²) >= 11 is 0. The molecule has 1 aliphatic heterocycles. The Labute approximate surface area is 150 Å². The first-order valence-electron chi connectivity index (χ1n) is 8.82. The average Bonchev–Trinajstić information content (AvgIpc) is 2.58. The highest BCUT2D eigenvalue weighted by Crippen LogP contribution is 2.23. The molecule has 0 spiro atoms. The Morgan fingerprint density at radius 2 is 2.08 bits per heavy atom. The quantitative estimate of drug-likeness (QED) is 0.781. The van der Waals surface area contributed by atoms with Gasteiger partial charge in [0.05, 0.1) is 6.61 Å². The lowest BCUT2D eigenvalue weighted by Crippen LogP contribution is -2.48. The number of nitrogens with zero attached hydrogens (tertiary/aromatic N) is 4. The van der Waals surface area contributed by atoms with E-state index in [9.17, 15) is 9.90 Å². The van der Waals surface area contributed by atoms with E-state index in [0.717, 1.165) is 25.2 Å². The average molecular weight is 350 g/mol. The standard InChI is InChI=1S/C18H30N4O3/c1-13-7-17(20-14(2)19-13)18(24)22-10-15(8-16(11-22)12-23)9-21(3)5-6-25-4/h7,15-16,23H,5-6,8-12H2,1-4H3/t15-,16+/m1/s1. The molecule has 1 amide bonds. The number of aromatic nitrogens is 2. The number of piperidine rings is 1. The minimum Gasteiger partial charge on any atom is -0.396 e. The van der Waals surface area contributed by atoms with Crippen molar-refractivity contribution in [2.45, 2.75) is 20.3 Å². The second kappa shape index (κ2) is 9.22. The predicted molar refractivity (Wildman–Crippen MR) is 95.5 cm³/mol. The number of amides is 1. The number of carbonyl (C=O) groups is 1. The van der Waals surface area contributed by atoms with E-state index in [1.807, 2.05) is 11.8 Å². The van der Waals surface area contributed by atoms with Crippen LogP contribution in [0.25, 0.3) is 0 Å². The molecule has 0 aliphatic carbocycles. The third-order valence-corrected chi connectivity index (χ3v) is 4.60. The number of aryl methyl sites for hydroxylation is 2. The third kappa shape index (κ3) is 5.73. The monoisotopic (exact) mass is 350 g/mol. The summed E-state index contributed by atoms with van der Waals surface area (Å²) < 4.78 is 5.12. The second-order valence-electron chi connectivity index (χ2n) is 7.06. The van der Waals surface area contributed by atoms with Gasteiger partial charge in [-0.15, -0.1) is 0 Å². The van der Waals surface area contributed by atoms with Crippen LogP contribution < -0.4 is 0 Å². The zero-order chi connectivity index (χ0) is 18.4. The topological polar surface area (TPSA) is 78.8 Å². The summed E-state index contributed by atoms with van der Waals surface area (Å²) in [6, 6.07) is 1.73. The molecule has 1 N–H and O–H groups in total. The molecule has 2 rings (SSSR count). The second-order valence-corrected chi connectivity index (χ2v) is 7.06. The molecule has 25 heavy (non-hydrogen) atoms. The highest BCUT2D eigenvalue weighted by molar-refractivity contribution is 5.92. The van der Waals surface area contributed by atoms with Gasteiger partial charge in [0.15, 0.2) is 0 Å². The molecule has 1 aromatic rings. The Kier molecular flexibility index (Phi) is 7.28. The SMILES string of the molecule is COCCN(C)C[C@H]1C[C@H](CO)CN(C(=O)c2cc(C)nc(C)n2)C1. The molecule has 7 nitrogen and oxygen atoms in total. The van der Waals surface area contributed by atoms with Crippen LogP contribution >= 0.6 is 0 Å². The van der Waals surface area contributed by atoms with Crippen LogP contribution in [-0.4, -0.2) is 84.3 Å². The van der Waals surface area contributed by atoms with Crippen molar-refractivity contribution in [2.75, 3.05) is 53.6 Å². The van der Waals surface area contributed by atoms with Crippen molar-refractivity contribution < 1.29 is 14.6 Å². The first kappa shape index (κ1) is 19.8. The summed E-state index contributed by atoms with van der Waals surface area (Å²) in [7, 11) is 3.76. The molecule has 1 aliphatic rings. The van der Waals surface area contributed by atoms with Gasteiger partial charge in [0.2, 0.25) is 0 Å². The highest BCUT2D eigenvalue weighted by atomic mass is 16.5. The number of rotatable bonds is 7. The lowest BCUT2D eigenvalue weighted by Gasteiger charge is -2.38. The normalized spacial score (nSPS) is 21.0. The van der Waals surface area contributed by atoms with Crippen LogP contribution in [0.1, 0.15) is 28.4 Å². The van der Waals surface area contributed by atoms with Crippen molar-refractivity contribution in [2.24, 2.45) is 11.8 Å². The summed E-state index contributed by atoms with van der Waals surface area (Å²) in [6.45, 7) is 7.46. The van der Waals surface area contributed by atoms with Crippen LogP contribution in [0.3, 0.4) is 0 Å². The van der Waals surface area contributed by atoms with Gasteiger partial charge in [-0.3, -0.25) is 4.79 Å². The van der Waals surface area contributed by atoms with Crippen LogP contribution in [0.2, 0.25) is 0 Å². The Bertz CT molecular complexity index is 561.